The highest BCUT2D eigenvalue weighted by Crippen LogP contribution is 2.20. The number of aromatic carboxylic acids is 1. The molecule has 102 valence electrons. The SMILES string of the molecule is O=C(CC1CCCN1)Nc1ccc(I)cc1C(=O)O. The number of carboxylic acids is 1. The number of amides is 1. The van der Waals surface area contributed by atoms with E-state index < -0.39 is 5.97 Å². The summed E-state index contributed by atoms with van der Waals surface area (Å²) in [7, 11) is 0. The van der Waals surface area contributed by atoms with Crippen LogP contribution in [0.2, 0.25) is 0 Å². The van der Waals surface area contributed by atoms with E-state index in [4.69, 9.17) is 5.11 Å². The molecular weight excluding hydrogens is 359 g/mol. The van der Waals surface area contributed by atoms with Crippen LogP contribution in [0.15, 0.2) is 18.2 Å². The maximum absolute atomic E-state index is 11.9. The molecule has 0 aromatic heterocycles. The van der Waals surface area contributed by atoms with Crippen LogP contribution in [0.5, 0.6) is 0 Å². The second-order valence-electron chi connectivity index (χ2n) is 4.54. The van der Waals surface area contributed by atoms with E-state index in [0.717, 1.165) is 23.0 Å². The predicted octanol–water partition coefficient (Wildman–Crippen LogP) is 2.07. The van der Waals surface area contributed by atoms with E-state index in [-0.39, 0.29) is 17.5 Å². The predicted molar refractivity (Wildman–Crippen MR) is 80.4 cm³/mol. The van der Waals surface area contributed by atoms with Gasteiger partial charge in [0.25, 0.3) is 0 Å². The van der Waals surface area contributed by atoms with Crippen molar-refractivity contribution >= 4 is 40.2 Å². The summed E-state index contributed by atoms with van der Waals surface area (Å²) in [5.41, 5.74) is 0.482. The summed E-state index contributed by atoms with van der Waals surface area (Å²) in [5, 5.41) is 15.0. The third-order valence-corrected chi connectivity index (χ3v) is 3.75. The van der Waals surface area contributed by atoms with Gasteiger partial charge in [0.1, 0.15) is 0 Å². The molecule has 1 saturated heterocycles. The van der Waals surface area contributed by atoms with E-state index >= 15 is 0 Å². The minimum atomic E-state index is -1.03. The zero-order valence-corrected chi connectivity index (χ0v) is 12.4. The van der Waals surface area contributed by atoms with Crippen molar-refractivity contribution in [2.45, 2.75) is 25.3 Å². The lowest BCUT2D eigenvalue weighted by Crippen LogP contribution is -2.27. The molecule has 0 radical (unpaired) electrons. The number of nitrogens with one attached hydrogen (secondary N) is 2. The quantitative estimate of drug-likeness (QED) is 0.706. The molecule has 1 heterocycles. The summed E-state index contributed by atoms with van der Waals surface area (Å²) < 4.78 is 0.824. The molecule has 1 atom stereocenters. The smallest absolute Gasteiger partial charge is 0.337 e. The van der Waals surface area contributed by atoms with E-state index in [1.807, 2.05) is 22.6 Å². The molecule has 1 aromatic carbocycles. The van der Waals surface area contributed by atoms with Crippen LogP contribution in [0.4, 0.5) is 5.69 Å². The molecule has 3 N–H and O–H groups in total. The Kier molecular flexibility index (Phi) is 4.76. The van der Waals surface area contributed by atoms with E-state index in [2.05, 4.69) is 10.6 Å². The van der Waals surface area contributed by atoms with Crippen LogP contribution in [-0.4, -0.2) is 29.6 Å². The summed E-state index contributed by atoms with van der Waals surface area (Å²) in [6.45, 7) is 0.946. The van der Waals surface area contributed by atoms with Crippen molar-refractivity contribution < 1.29 is 14.7 Å². The molecule has 19 heavy (non-hydrogen) atoms. The zero-order chi connectivity index (χ0) is 13.8. The second kappa shape index (κ2) is 6.33. The number of halogens is 1. The molecule has 0 saturated carbocycles. The minimum Gasteiger partial charge on any atom is -0.478 e. The van der Waals surface area contributed by atoms with Gasteiger partial charge in [-0.3, -0.25) is 4.79 Å². The number of anilines is 1. The summed E-state index contributed by atoms with van der Waals surface area (Å²) in [4.78, 5) is 23.0. The van der Waals surface area contributed by atoms with Gasteiger partial charge in [-0.15, -0.1) is 0 Å². The molecule has 1 aliphatic heterocycles. The topological polar surface area (TPSA) is 78.4 Å². The number of carbonyl (C=O) groups excluding carboxylic acids is 1. The minimum absolute atomic E-state index is 0.125. The number of rotatable bonds is 4. The Hall–Kier alpha value is -1.15. The molecular formula is C13H15IN2O3. The van der Waals surface area contributed by atoms with Gasteiger partial charge < -0.3 is 15.7 Å². The average Bonchev–Trinajstić information content (AvgIpc) is 2.83. The first kappa shape index (κ1) is 14.3. The second-order valence-corrected chi connectivity index (χ2v) is 5.79. The van der Waals surface area contributed by atoms with Crippen LogP contribution >= 0.6 is 22.6 Å². The zero-order valence-electron chi connectivity index (χ0n) is 10.3. The van der Waals surface area contributed by atoms with Crippen molar-refractivity contribution in [2.75, 3.05) is 11.9 Å². The van der Waals surface area contributed by atoms with Crippen molar-refractivity contribution in [3.63, 3.8) is 0 Å². The van der Waals surface area contributed by atoms with Crippen molar-refractivity contribution in [2.24, 2.45) is 0 Å². The van der Waals surface area contributed by atoms with Crippen molar-refractivity contribution in [1.29, 1.82) is 0 Å². The molecule has 2 rings (SSSR count). The van der Waals surface area contributed by atoms with Crippen molar-refractivity contribution in [3.05, 3.63) is 27.3 Å². The first-order valence-electron chi connectivity index (χ1n) is 6.12. The molecule has 5 nitrogen and oxygen atoms in total. The number of hydrogen-bond acceptors (Lipinski definition) is 3. The largest absolute Gasteiger partial charge is 0.478 e. The summed E-state index contributed by atoms with van der Waals surface area (Å²) in [6.07, 6.45) is 2.46. The van der Waals surface area contributed by atoms with Gasteiger partial charge in [-0.25, -0.2) is 4.79 Å². The number of carboxylic acid groups (broad SMARTS) is 1. The van der Waals surface area contributed by atoms with Gasteiger partial charge in [-0.05, 0) is 60.2 Å². The standard InChI is InChI=1S/C13H15IN2O3/c14-8-3-4-11(10(6-8)13(18)19)16-12(17)7-9-2-1-5-15-9/h3-4,6,9,15H,1-2,5,7H2,(H,16,17)(H,18,19). The Morgan fingerprint density at radius 1 is 1.47 bits per heavy atom. The fourth-order valence-electron chi connectivity index (χ4n) is 2.16. The van der Waals surface area contributed by atoms with Gasteiger partial charge in [0.2, 0.25) is 5.91 Å². The fourth-order valence-corrected chi connectivity index (χ4v) is 2.65. The highest BCUT2D eigenvalue weighted by atomic mass is 127. The van der Waals surface area contributed by atoms with Crippen LogP contribution in [0.25, 0.3) is 0 Å². The Morgan fingerprint density at radius 3 is 2.89 bits per heavy atom. The summed E-state index contributed by atoms with van der Waals surface area (Å²) >= 11 is 2.04. The number of carbonyl (C=O) groups is 2. The van der Waals surface area contributed by atoms with E-state index in [1.54, 1.807) is 18.2 Å². The summed E-state index contributed by atoms with van der Waals surface area (Å²) in [6, 6.07) is 5.16. The maximum Gasteiger partial charge on any atom is 0.337 e. The molecule has 1 unspecified atom stereocenters. The normalized spacial score (nSPS) is 18.3. The fraction of sp³-hybridized carbons (Fsp3) is 0.385. The van der Waals surface area contributed by atoms with Crippen LogP contribution in [-0.2, 0) is 4.79 Å². The first-order chi connectivity index (χ1) is 9.06. The highest BCUT2D eigenvalue weighted by molar-refractivity contribution is 14.1. The Morgan fingerprint density at radius 2 is 2.26 bits per heavy atom. The van der Waals surface area contributed by atoms with Gasteiger partial charge in [0.05, 0.1) is 11.3 Å². The Balaban J connectivity index is 2.05. The van der Waals surface area contributed by atoms with Gasteiger partial charge in [-0.1, -0.05) is 0 Å². The molecule has 1 aromatic rings. The van der Waals surface area contributed by atoms with E-state index in [1.165, 1.54) is 0 Å². The van der Waals surface area contributed by atoms with Crippen molar-refractivity contribution in [1.82, 2.24) is 5.32 Å². The van der Waals surface area contributed by atoms with Gasteiger partial charge in [-0.2, -0.15) is 0 Å². The maximum atomic E-state index is 11.9. The van der Waals surface area contributed by atoms with Crippen LogP contribution in [0.1, 0.15) is 29.6 Å². The highest BCUT2D eigenvalue weighted by Gasteiger charge is 2.19. The van der Waals surface area contributed by atoms with Crippen molar-refractivity contribution in [3.8, 4) is 0 Å². The molecule has 6 heteroatoms. The molecule has 0 aliphatic carbocycles. The molecule has 1 aliphatic rings. The van der Waals surface area contributed by atoms with Crippen LogP contribution < -0.4 is 10.6 Å². The molecule has 1 fully saturated rings. The van der Waals surface area contributed by atoms with E-state index in [9.17, 15) is 9.59 Å². The molecule has 1 amide bonds. The third kappa shape index (κ3) is 3.90. The first-order valence-corrected chi connectivity index (χ1v) is 7.20. The van der Waals surface area contributed by atoms with Gasteiger partial charge >= 0.3 is 5.97 Å². The lowest BCUT2D eigenvalue weighted by atomic mass is 10.1. The molecule has 0 bridgehead atoms. The lowest BCUT2D eigenvalue weighted by Gasteiger charge is -2.12. The molecule has 0 spiro atoms. The van der Waals surface area contributed by atoms with Gasteiger partial charge in [0, 0.05) is 16.0 Å². The Bertz CT molecular complexity index is 499. The lowest BCUT2D eigenvalue weighted by molar-refractivity contribution is -0.116. The average molecular weight is 374 g/mol. The van der Waals surface area contributed by atoms with Crippen LogP contribution in [0, 0.1) is 3.57 Å². The van der Waals surface area contributed by atoms with Gasteiger partial charge in [0.15, 0.2) is 0 Å². The number of hydrogen-bond donors (Lipinski definition) is 3. The Labute approximate surface area is 124 Å². The third-order valence-electron chi connectivity index (χ3n) is 3.08. The summed E-state index contributed by atoms with van der Waals surface area (Å²) in [5.74, 6) is -1.18. The van der Waals surface area contributed by atoms with E-state index in [0.29, 0.717) is 12.1 Å². The monoisotopic (exact) mass is 374 g/mol. The van der Waals surface area contributed by atoms with Crippen LogP contribution in [0.3, 0.4) is 0 Å². The number of benzene rings is 1.